The second-order valence-corrected chi connectivity index (χ2v) is 15.5. The highest BCUT2D eigenvalue weighted by molar-refractivity contribution is 5.94. The zero-order valence-corrected chi connectivity index (χ0v) is 35.0. The Morgan fingerprint density at radius 2 is 0.387 bits per heavy atom. The lowest BCUT2D eigenvalue weighted by molar-refractivity contribution is 1.29. The minimum atomic E-state index is 1.11. The van der Waals surface area contributed by atoms with Gasteiger partial charge >= 0.3 is 0 Å². The maximum Gasteiger partial charge on any atom is 0.0468 e. The monoisotopic (exact) mass is 794 g/mol. The molecule has 0 saturated carbocycles. The van der Waals surface area contributed by atoms with Gasteiger partial charge in [-0.2, -0.15) is 0 Å². The minimum absolute atomic E-state index is 1.11. The second-order valence-electron chi connectivity index (χ2n) is 15.5. The van der Waals surface area contributed by atoms with Crippen molar-refractivity contribution in [3.8, 4) is 22.3 Å². The normalized spacial score (nSPS) is 11.1. The van der Waals surface area contributed by atoms with E-state index in [9.17, 15) is 0 Å². The van der Waals surface area contributed by atoms with Gasteiger partial charge < -0.3 is 9.80 Å². The van der Waals surface area contributed by atoms with Gasteiger partial charge in [-0.1, -0.05) is 184 Å². The molecule has 0 aromatic heterocycles. The highest BCUT2D eigenvalue weighted by atomic mass is 15.1. The van der Waals surface area contributed by atoms with Crippen LogP contribution in [-0.4, -0.2) is 0 Å². The standard InChI is InChI=1S/C58H40N2.C2H6/c1-5-13-49-37-55(33-25-41(49)9-1)59(56-34-26-42-10-2-6-14-50(42)38-56)53-29-21-47(22-30-53)45-17-19-46(20-18-45)48-23-31-54(32-24-48)60(57-35-27-43-11-3-7-15-51(43)39-57)58-36-28-44-12-4-8-16-52(44)40-58;1-2/h1-40H;1-2H3. The van der Waals surface area contributed by atoms with Crippen LogP contribution >= 0.6 is 0 Å². The van der Waals surface area contributed by atoms with E-state index < -0.39 is 0 Å². The predicted molar refractivity (Wildman–Crippen MR) is 268 cm³/mol. The Morgan fingerprint density at radius 1 is 0.194 bits per heavy atom. The van der Waals surface area contributed by atoms with Crippen LogP contribution in [0.2, 0.25) is 0 Å². The Morgan fingerprint density at radius 3 is 0.629 bits per heavy atom. The van der Waals surface area contributed by atoms with E-state index in [2.05, 4.69) is 252 Å². The topological polar surface area (TPSA) is 6.48 Å². The summed E-state index contributed by atoms with van der Waals surface area (Å²) in [6, 6.07) is 88.0. The summed E-state index contributed by atoms with van der Waals surface area (Å²) in [6.45, 7) is 4.00. The Bertz CT molecular complexity index is 2930. The predicted octanol–water partition coefficient (Wildman–Crippen LogP) is 17.6. The Hall–Kier alpha value is -7.94. The van der Waals surface area contributed by atoms with E-state index in [0.717, 1.165) is 34.1 Å². The summed E-state index contributed by atoms with van der Waals surface area (Å²) in [5.41, 5.74) is 11.5. The molecular formula is C60H46N2. The summed E-state index contributed by atoms with van der Waals surface area (Å²) in [4.78, 5) is 4.72. The van der Waals surface area contributed by atoms with Crippen LogP contribution in [-0.2, 0) is 0 Å². The first-order valence-corrected chi connectivity index (χ1v) is 21.6. The molecule has 2 nitrogen and oxygen atoms in total. The largest absolute Gasteiger partial charge is 0.310 e. The van der Waals surface area contributed by atoms with Crippen LogP contribution in [0.15, 0.2) is 243 Å². The second kappa shape index (κ2) is 17.0. The molecule has 0 fully saturated rings. The SMILES string of the molecule is CC.c1ccc2cc(N(c3ccc(-c4ccc(-c5ccc(N(c6ccc7ccccc7c6)c6ccc7ccccc7c6)cc5)cc4)cc3)c3ccc4ccccc4c3)ccc2c1. The first kappa shape index (κ1) is 38.3. The van der Waals surface area contributed by atoms with Gasteiger partial charge in [0.15, 0.2) is 0 Å². The van der Waals surface area contributed by atoms with Crippen molar-refractivity contribution in [2.24, 2.45) is 0 Å². The van der Waals surface area contributed by atoms with Crippen LogP contribution in [0.25, 0.3) is 65.3 Å². The Labute approximate surface area is 364 Å². The number of hydrogen-bond donors (Lipinski definition) is 0. The van der Waals surface area contributed by atoms with Gasteiger partial charge in [-0.25, -0.2) is 0 Å². The molecule has 0 bridgehead atoms. The summed E-state index contributed by atoms with van der Waals surface area (Å²) >= 11 is 0. The van der Waals surface area contributed by atoms with Crippen molar-refractivity contribution < 1.29 is 0 Å². The number of hydrogen-bond acceptors (Lipinski definition) is 2. The van der Waals surface area contributed by atoms with Gasteiger partial charge in [0, 0.05) is 34.1 Å². The van der Waals surface area contributed by atoms with E-state index in [1.807, 2.05) is 13.8 Å². The fourth-order valence-corrected chi connectivity index (χ4v) is 8.62. The molecule has 296 valence electrons. The molecule has 2 heteroatoms. The molecule has 0 heterocycles. The van der Waals surface area contributed by atoms with E-state index >= 15 is 0 Å². The fraction of sp³-hybridized carbons (Fsp3) is 0.0333. The molecule has 0 amide bonds. The van der Waals surface area contributed by atoms with Gasteiger partial charge in [0.1, 0.15) is 0 Å². The average Bonchev–Trinajstić information content (AvgIpc) is 3.35. The number of rotatable bonds is 8. The van der Waals surface area contributed by atoms with Crippen LogP contribution in [0.5, 0.6) is 0 Å². The molecule has 0 saturated heterocycles. The van der Waals surface area contributed by atoms with Crippen molar-refractivity contribution >= 4 is 77.2 Å². The van der Waals surface area contributed by atoms with E-state index in [1.165, 1.54) is 65.3 Å². The third kappa shape index (κ3) is 7.55. The molecule has 0 spiro atoms. The molecule has 11 aromatic carbocycles. The van der Waals surface area contributed by atoms with Crippen molar-refractivity contribution in [1.29, 1.82) is 0 Å². The lowest BCUT2D eigenvalue weighted by Crippen LogP contribution is -2.10. The maximum absolute atomic E-state index is 2.36. The molecule has 0 radical (unpaired) electrons. The van der Waals surface area contributed by atoms with Gasteiger partial charge in [0.2, 0.25) is 0 Å². The van der Waals surface area contributed by atoms with Crippen molar-refractivity contribution in [1.82, 2.24) is 0 Å². The van der Waals surface area contributed by atoms with Crippen molar-refractivity contribution in [3.63, 3.8) is 0 Å². The third-order valence-electron chi connectivity index (χ3n) is 11.8. The molecule has 0 N–H and O–H groups in total. The van der Waals surface area contributed by atoms with Gasteiger partial charge in [0.05, 0.1) is 0 Å². The lowest BCUT2D eigenvalue weighted by Gasteiger charge is -2.26. The lowest BCUT2D eigenvalue weighted by atomic mass is 9.99. The molecule has 11 aromatic rings. The van der Waals surface area contributed by atoms with Crippen molar-refractivity contribution in [3.05, 3.63) is 243 Å². The Kier molecular flexibility index (Phi) is 10.5. The summed E-state index contributed by atoms with van der Waals surface area (Å²) < 4.78 is 0. The molecule has 0 aliphatic heterocycles. The van der Waals surface area contributed by atoms with Gasteiger partial charge in [-0.3, -0.25) is 0 Å². The molecule has 0 aliphatic rings. The van der Waals surface area contributed by atoms with E-state index in [0.29, 0.717) is 0 Å². The number of fused-ring (bicyclic) bond motifs is 4. The van der Waals surface area contributed by atoms with Crippen molar-refractivity contribution in [2.75, 3.05) is 9.80 Å². The third-order valence-corrected chi connectivity index (χ3v) is 11.8. The number of anilines is 6. The summed E-state index contributed by atoms with van der Waals surface area (Å²) in [6.07, 6.45) is 0. The first-order chi connectivity index (χ1) is 30.7. The highest BCUT2D eigenvalue weighted by Gasteiger charge is 2.16. The average molecular weight is 795 g/mol. The highest BCUT2D eigenvalue weighted by Crippen LogP contribution is 2.40. The quantitative estimate of drug-likeness (QED) is 0.151. The molecule has 0 atom stereocenters. The van der Waals surface area contributed by atoms with Gasteiger partial charge in [-0.15, -0.1) is 0 Å². The summed E-state index contributed by atoms with van der Waals surface area (Å²) in [5, 5.41) is 9.83. The molecule has 62 heavy (non-hydrogen) atoms. The zero-order chi connectivity index (χ0) is 41.8. The van der Waals surface area contributed by atoms with E-state index in [1.54, 1.807) is 0 Å². The maximum atomic E-state index is 2.36. The van der Waals surface area contributed by atoms with Crippen LogP contribution in [0.4, 0.5) is 34.1 Å². The number of nitrogens with zero attached hydrogens (tertiary/aromatic N) is 2. The smallest absolute Gasteiger partial charge is 0.0468 e. The molecule has 11 rings (SSSR count). The van der Waals surface area contributed by atoms with Gasteiger partial charge in [-0.05, 0) is 138 Å². The van der Waals surface area contributed by atoms with E-state index in [-0.39, 0.29) is 0 Å². The molecule has 0 unspecified atom stereocenters. The van der Waals surface area contributed by atoms with Crippen LogP contribution in [0.3, 0.4) is 0 Å². The Balaban J connectivity index is 0.00000226. The molecular weight excluding hydrogens is 749 g/mol. The van der Waals surface area contributed by atoms with Crippen LogP contribution in [0.1, 0.15) is 13.8 Å². The summed E-state index contributed by atoms with van der Waals surface area (Å²) in [5.74, 6) is 0. The zero-order valence-electron chi connectivity index (χ0n) is 35.0. The van der Waals surface area contributed by atoms with Crippen molar-refractivity contribution in [2.45, 2.75) is 13.8 Å². The van der Waals surface area contributed by atoms with Gasteiger partial charge in [0.25, 0.3) is 0 Å². The fourth-order valence-electron chi connectivity index (χ4n) is 8.62. The van der Waals surface area contributed by atoms with Crippen LogP contribution < -0.4 is 9.80 Å². The molecule has 0 aliphatic carbocycles. The van der Waals surface area contributed by atoms with Crippen LogP contribution in [0, 0.1) is 0 Å². The summed E-state index contributed by atoms with van der Waals surface area (Å²) in [7, 11) is 0. The van der Waals surface area contributed by atoms with E-state index in [4.69, 9.17) is 0 Å². The first-order valence-electron chi connectivity index (χ1n) is 21.6. The minimum Gasteiger partial charge on any atom is -0.310 e. The number of benzene rings is 11.